The highest BCUT2D eigenvalue weighted by atomic mass is 32.2. The van der Waals surface area contributed by atoms with Gasteiger partial charge in [-0.05, 0) is 68.8 Å². The Morgan fingerprint density at radius 2 is 1.93 bits per heavy atom. The molecule has 0 saturated carbocycles. The summed E-state index contributed by atoms with van der Waals surface area (Å²) in [5.74, 6) is 0.767. The lowest BCUT2D eigenvalue weighted by atomic mass is 10.1. The summed E-state index contributed by atoms with van der Waals surface area (Å²) in [4.78, 5) is 16.9. The van der Waals surface area contributed by atoms with Crippen molar-refractivity contribution in [3.05, 3.63) is 53.6 Å². The minimum Gasteiger partial charge on any atom is -0.497 e. The van der Waals surface area contributed by atoms with Crippen LogP contribution < -0.4 is 14.8 Å². The summed E-state index contributed by atoms with van der Waals surface area (Å²) < 4.78 is 28.4. The van der Waals surface area contributed by atoms with Crippen LogP contribution in [0.4, 0.5) is 5.69 Å². The van der Waals surface area contributed by atoms with Gasteiger partial charge in [-0.25, -0.2) is 13.6 Å². The number of anilines is 1. The van der Waals surface area contributed by atoms with Crippen molar-refractivity contribution in [3.8, 4) is 5.75 Å². The normalized spacial score (nSPS) is 17.3. The number of likely N-dealkylation sites (N-methyl/N-ethyl adjacent to an activating group) is 1. The van der Waals surface area contributed by atoms with E-state index in [0.29, 0.717) is 6.42 Å². The van der Waals surface area contributed by atoms with Crippen LogP contribution in [0.5, 0.6) is 5.75 Å². The van der Waals surface area contributed by atoms with Gasteiger partial charge in [-0.1, -0.05) is 12.1 Å². The number of primary sulfonamides is 1. The smallest absolute Gasteiger partial charge is 0.241 e. The molecule has 1 heterocycles. The highest BCUT2D eigenvalue weighted by Crippen LogP contribution is 2.34. The van der Waals surface area contributed by atoms with E-state index in [1.54, 1.807) is 24.1 Å². The Kier molecular flexibility index (Phi) is 5.97. The Balaban J connectivity index is 1.75. The maximum Gasteiger partial charge on any atom is 0.241 e. The molecule has 8 heteroatoms. The van der Waals surface area contributed by atoms with Gasteiger partial charge in [0.25, 0.3) is 0 Å². The summed E-state index contributed by atoms with van der Waals surface area (Å²) in [5, 5.41) is 5.23. The second-order valence-electron chi connectivity index (χ2n) is 7.52. The molecule has 0 radical (unpaired) electrons. The van der Waals surface area contributed by atoms with Crippen LogP contribution in [0.25, 0.3) is 0 Å². The van der Waals surface area contributed by atoms with Crippen LogP contribution in [-0.2, 0) is 21.2 Å². The Morgan fingerprint density at radius 1 is 1.28 bits per heavy atom. The lowest BCUT2D eigenvalue weighted by molar-refractivity contribution is -0.120. The molecule has 156 valence electrons. The number of carbonyl (C=O) groups excluding carboxylic acids is 1. The lowest BCUT2D eigenvalue weighted by Crippen LogP contribution is -2.42. The summed E-state index contributed by atoms with van der Waals surface area (Å²) in [6.07, 6.45) is 0.599. The maximum absolute atomic E-state index is 13.1. The van der Waals surface area contributed by atoms with Crippen molar-refractivity contribution in [1.29, 1.82) is 0 Å². The van der Waals surface area contributed by atoms with Gasteiger partial charge < -0.3 is 9.64 Å². The first-order valence-electron chi connectivity index (χ1n) is 9.43. The first-order chi connectivity index (χ1) is 13.6. The molecule has 29 heavy (non-hydrogen) atoms. The topological polar surface area (TPSA) is 92.9 Å². The summed E-state index contributed by atoms with van der Waals surface area (Å²) >= 11 is 0. The predicted octanol–water partition coefficient (Wildman–Crippen LogP) is 2.31. The Bertz CT molecular complexity index is 1010. The van der Waals surface area contributed by atoms with Gasteiger partial charge in [0, 0.05) is 17.8 Å². The highest BCUT2D eigenvalue weighted by molar-refractivity contribution is 7.89. The molecule has 1 aliphatic heterocycles. The predicted molar refractivity (Wildman–Crippen MR) is 113 cm³/mol. The zero-order valence-electron chi connectivity index (χ0n) is 17.1. The van der Waals surface area contributed by atoms with E-state index in [1.807, 2.05) is 43.1 Å². The Hall–Kier alpha value is -2.42. The van der Waals surface area contributed by atoms with Crippen LogP contribution in [0.1, 0.15) is 31.0 Å². The van der Waals surface area contributed by atoms with Gasteiger partial charge in [0.1, 0.15) is 5.75 Å². The number of amides is 1. The van der Waals surface area contributed by atoms with Crippen molar-refractivity contribution in [1.82, 2.24) is 4.90 Å². The van der Waals surface area contributed by atoms with Gasteiger partial charge in [0.2, 0.25) is 15.9 Å². The van der Waals surface area contributed by atoms with Crippen LogP contribution >= 0.6 is 0 Å². The minimum atomic E-state index is -3.77. The van der Waals surface area contributed by atoms with Crippen molar-refractivity contribution >= 4 is 21.6 Å². The van der Waals surface area contributed by atoms with Gasteiger partial charge >= 0.3 is 0 Å². The van der Waals surface area contributed by atoms with E-state index in [0.717, 1.165) is 22.6 Å². The molecule has 0 bridgehead atoms. The number of carbonyl (C=O) groups is 1. The van der Waals surface area contributed by atoms with Gasteiger partial charge in [-0.2, -0.15) is 0 Å². The lowest BCUT2D eigenvalue weighted by Gasteiger charge is -2.29. The van der Waals surface area contributed by atoms with Crippen LogP contribution in [0, 0.1) is 0 Å². The molecule has 0 aromatic heterocycles. The third-order valence-corrected chi connectivity index (χ3v) is 6.42. The number of benzene rings is 2. The molecule has 1 aliphatic rings. The van der Waals surface area contributed by atoms with E-state index in [9.17, 15) is 13.2 Å². The molecule has 7 nitrogen and oxygen atoms in total. The van der Waals surface area contributed by atoms with Crippen molar-refractivity contribution in [3.63, 3.8) is 0 Å². The van der Waals surface area contributed by atoms with Crippen LogP contribution in [-0.4, -0.2) is 46.0 Å². The number of ether oxygens (including phenoxy) is 1. The second kappa shape index (κ2) is 8.14. The monoisotopic (exact) mass is 417 g/mol. The van der Waals surface area contributed by atoms with Gasteiger partial charge in [-0.3, -0.25) is 9.69 Å². The zero-order valence-corrected chi connectivity index (χ0v) is 17.9. The van der Waals surface area contributed by atoms with Gasteiger partial charge in [0.15, 0.2) is 0 Å². The van der Waals surface area contributed by atoms with Crippen LogP contribution in [0.15, 0.2) is 47.4 Å². The molecular weight excluding hydrogens is 390 g/mol. The van der Waals surface area contributed by atoms with Crippen molar-refractivity contribution in [2.45, 2.75) is 37.2 Å². The fourth-order valence-electron chi connectivity index (χ4n) is 3.73. The number of nitrogens with two attached hydrogens (primary N) is 1. The fraction of sp³-hybridized carbons (Fsp3) is 0.381. The van der Waals surface area contributed by atoms with E-state index in [4.69, 9.17) is 9.88 Å². The van der Waals surface area contributed by atoms with E-state index in [2.05, 4.69) is 6.92 Å². The molecule has 2 aromatic carbocycles. The van der Waals surface area contributed by atoms with Crippen molar-refractivity contribution in [2.24, 2.45) is 5.14 Å². The molecular formula is C21H27N3O4S. The molecule has 2 aromatic rings. The van der Waals surface area contributed by atoms with Crippen LogP contribution in [0.2, 0.25) is 0 Å². The number of sulfonamides is 1. The average molecular weight is 418 g/mol. The second-order valence-corrected chi connectivity index (χ2v) is 9.08. The quantitative estimate of drug-likeness (QED) is 0.779. The molecule has 2 N–H and O–H groups in total. The largest absolute Gasteiger partial charge is 0.497 e. The highest BCUT2D eigenvalue weighted by Gasteiger charge is 2.32. The van der Waals surface area contributed by atoms with Crippen molar-refractivity contribution < 1.29 is 17.9 Å². The number of methoxy groups -OCH3 is 1. The Labute approximate surface area is 172 Å². The fourth-order valence-corrected chi connectivity index (χ4v) is 4.29. The summed E-state index contributed by atoms with van der Waals surface area (Å²) in [6.45, 7) is 4.25. The number of nitrogens with zero attached hydrogens (tertiary/aromatic N) is 2. The maximum atomic E-state index is 13.1. The standard InChI is InChI=1S/C21H27N3O4S/c1-14-11-17-12-19(29(22,26)27)9-10-20(17)24(14)21(25)13-23(3)15(2)16-5-7-18(28-4)8-6-16/h5-10,12,14-15H,11,13H2,1-4H3,(H2,22,26,27)/t14-,15-/m0/s1. The molecule has 0 spiro atoms. The van der Waals surface area contributed by atoms with Gasteiger partial charge in [0.05, 0.1) is 18.6 Å². The average Bonchev–Trinajstić information content (AvgIpc) is 3.01. The van der Waals surface area contributed by atoms with Crippen LogP contribution in [0.3, 0.4) is 0 Å². The first-order valence-corrected chi connectivity index (χ1v) is 11.0. The molecule has 3 rings (SSSR count). The molecule has 1 amide bonds. The summed E-state index contributed by atoms with van der Waals surface area (Å²) in [5.41, 5.74) is 2.66. The molecule has 0 fully saturated rings. The third-order valence-electron chi connectivity index (χ3n) is 5.51. The molecule has 0 aliphatic carbocycles. The molecule has 2 atom stereocenters. The zero-order chi connectivity index (χ0) is 21.3. The number of hydrogen-bond donors (Lipinski definition) is 1. The van der Waals surface area contributed by atoms with E-state index >= 15 is 0 Å². The van der Waals surface area contributed by atoms with E-state index in [1.165, 1.54) is 6.07 Å². The van der Waals surface area contributed by atoms with Crippen molar-refractivity contribution in [2.75, 3.05) is 25.6 Å². The van der Waals surface area contributed by atoms with Gasteiger partial charge in [-0.15, -0.1) is 0 Å². The third kappa shape index (κ3) is 4.44. The number of fused-ring (bicyclic) bond motifs is 1. The Morgan fingerprint density at radius 3 is 2.52 bits per heavy atom. The first kappa shape index (κ1) is 21.3. The number of hydrogen-bond acceptors (Lipinski definition) is 5. The SMILES string of the molecule is COc1ccc([C@H](C)N(C)CC(=O)N2c3ccc(S(N)(=O)=O)cc3C[C@@H]2C)cc1. The van der Waals surface area contributed by atoms with E-state index < -0.39 is 10.0 Å². The van der Waals surface area contributed by atoms with E-state index in [-0.39, 0.29) is 29.4 Å². The molecule has 0 unspecified atom stereocenters. The minimum absolute atomic E-state index is 0.0255. The summed E-state index contributed by atoms with van der Waals surface area (Å²) in [7, 11) is -0.222. The summed E-state index contributed by atoms with van der Waals surface area (Å²) in [6, 6.07) is 12.5. The number of rotatable bonds is 6. The molecule has 0 saturated heterocycles.